The van der Waals surface area contributed by atoms with Crippen molar-refractivity contribution in [1.82, 2.24) is 5.32 Å². The first-order valence-electron chi connectivity index (χ1n) is 7.68. The predicted molar refractivity (Wildman–Crippen MR) is 91.5 cm³/mol. The molecule has 0 saturated heterocycles. The number of nitrogens with one attached hydrogen (secondary N) is 1. The van der Waals surface area contributed by atoms with Crippen LogP contribution in [0.2, 0.25) is 0 Å². The molecule has 0 aromatic heterocycles. The maximum atomic E-state index is 12.1. The van der Waals surface area contributed by atoms with Gasteiger partial charge < -0.3 is 10.1 Å². The van der Waals surface area contributed by atoms with Gasteiger partial charge in [-0.25, -0.2) is 0 Å². The molecule has 6 heteroatoms. The molecule has 2 rings (SSSR count). The Morgan fingerprint density at radius 1 is 1.25 bits per heavy atom. The second kappa shape index (κ2) is 8.10. The Morgan fingerprint density at radius 3 is 2.67 bits per heavy atom. The Balaban J connectivity index is 1.87. The van der Waals surface area contributed by atoms with E-state index in [-0.39, 0.29) is 11.6 Å². The molecule has 0 bridgehead atoms. The molecule has 126 valence electrons. The Labute approximate surface area is 140 Å². The van der Waals surface area contributed by atoms with Crippen molar-refractivity contribution in [3.63, 3.8) is 0 Å². The van der Waals surface area contributed by atoms with Gasteiger partial charge in [-0.15, -0.1) is 0 Å². The van der Waals surface area contributed by atoms with Gasteiger partial charge in [0.1, 0.15) is 5.75 Å². The molecule has 0 fully saturated rings. The first-order valence-corrected chi connectivity index (χ1v) is 7.68. The van der Waals surface area contributed by atoms with Gasteiger partial charge in [-0.2, -0.15) is 0 Å². The fraction of sp³-hybridized carbons (Fsp3) is 0.278. The second-order valence-corrected chi connectivity index (χ2v) is 5.43. The van der Waals surface area contributed by atoms with E-state index in [4.69, 9.17) is 4.74 Å². The van der Waals surface area contributed by atoms with Gasteiger partial charge >= 0.3 is 0 Å². The van der Waals surface area contributed by atoms with Crippen molar-refractivity contribution >= 4 is 11.6 Å². The van der Waals surface area contributed by atoms with E-state index >= 15 is 0 Å². The Bertz CT molecular complexity index is 744. The average Bonchev–Trinajstić information content (AvgIpc) is 2.58. The molecule has 0 aliphatic rings. The molecule has 0 unspecified atom stereocenters. The molecule has 0 atom stereocenters. The lowest BCUT2D eigenvalue weighted by Crippen LogP contribution is -2.24. The third-order valence-corrected chi connectivity index (χ3v) is 3.76. The van der Waals surface area contributed by atoms with Gasteiger partial charge in [0.05, 0.1) is 12.0 Å². The van der Waals surface area contributed by atoms with Gasteiger partial charge in [-0.3, -0.25) is 14.9 Å². The lowest BCUT2D eigenvalue weighted by molar-refractivity contribution is -0.385. The van der Waals surface area contributed by atoms with Crippen molar-refractivity contribution in [2.24, 2.45) is 0 Å². The average molecular weight is 328 g/mol. The quantitative estimate of drug-likeness (QED) is 0.480. The zero-order valence-electron chi connectivity index (χ0n) is 13.7. The van der Waals surface area contributed by atoms with Crippen LogP contribution in [0, 0.1) is 17.0 Å². The van der Waals surface area contributed by atoms with E-state index in [1.807, 2.05) is 24.3 Å². The van der Waals surface area contributed by atoms with E-state index in [0.29, 0.717) is 17.7 Å². The van der Waals surface area contributed by atoms with Gasteiger partial charge in [-0.1, -0.05) is 18.2 Å². The summed E-state index contributed by atoms with van der Waals surface area (Å²) in [4.78, 5) is 22.4. The molecular weight excluding hydrogens is 308 g/mol. The Kier molecular flexibility index (Phi) is 5.89. The van der Waals surface area contributed by atoms with Crippen LogP contribution in [0.3, 0.4) is 0 Å². The topological polar surface area (TPSA) is 81.5 Å². The Hall–Kier alpha value is -2.89. The summed E-state index contributed by atoms with van der Waals surface area (Å²) in [6.45, 7) is 2.14. The molecule has 2 aromatic carbocycles. The number of methoxy groups -OCH3 is 1. The fourth-order valence-corrected chi connectivity index (χ4v) is 2.49. The zero-order chi connectivity index (χ0) is 17.5. The first-order chi connectivity index (χ1) is 11.5. The van der Waals surface area contributed by atoms with Gasteiger partial charge in [0.2, 0.25) is 0 Å². The number of carbonyl (C=O) groups is 1. The van der Waals surface area contributed by atoms with Crippen LogP contribution in [0.15, 0.2) is 42.5 Å². The predicted octanol–water partition coefficient (Wildman–Crippen LogP) is 3.27. The number of aryl methyl sites for hydroxylation is 2. The summed E-state index contributed by atoms with van der Waals surface area (Å²) in [5.41, 5.74) is 2.01. The third-order valence-electron chi connectivity index (χ3n) is 3.76. The van der Waals surface area contributed by atoms with Crippen molar-refractivity contribution in [1.29, 1.82) is 0 Å². The normalized spacial score (nSPS) is 10.2. The van der Waals surface area contributed by atoms with Crippen molar-refractivity contribution < 1.29 is 14.5 Å². The van der Waals surface area contributed by atoms with Crippen LogP contribution in [0.5, 0.6) is 5.75 Å². The highest BCUT2D eigenvalue weighted by molar-refractivity contribution is 5.94. The molecule has 0 radical (unpaired) electrons. The molecule has 1 amide bonds. The number of rotatable bonds is 7. The van der Waals surface area contributed by atoms with Gasteiger partial charge in [0.25, 0.3) is 11.6 Å². The number of hydrogen-bond donors (Lipinski definition) is 1. The van der Waals surface area contributed by atoms with Crippen LogP contribution in [0.4, 0.5) is 5.69 Å². The number of hydrogen-bond acceptors (Lipinski definition) is 4. The highest BCUT2D eigenvalue weighted by atomic mass is 16.6. The van der Waals surface area contributed by atoms with Gasteiger partial charge in [-0.05, 0) is 43.5 Å². The van der Waals surface area contributed by atoms with Gasteiger partial charge in [0, 0.05) is 23.7 Å². The molecule has 0 aliphatic carbocycles. The number of nitrogens with zero attached hydrogens (tertiary/aromatic N) is 1. The minimum absolute atomic E-state index is 0.0164. The summed E-state index contributed by atoms with van der Waals surface area (Å²) in [7, 11) is 1.64. The molecule has 2 aromatic rings. The van der Waals surface area contributed by atoms with Crippen LogP contribution in [-0.2, 0) is 6.42 Å². The van der Waals surface area contributed by atoms with Gasteiger partial charge in [0.15, 0.2) is 0 Å². The number of nitro benzene ring substituents is 1. The van der Waals surface area contributed by atoms with Crippen LogP contribution in [0.1, 0.15) is 27.9 Å². The number of carbonyl (C=O) groups excluding carboxylic acids is 1. The number of nitro groups is 1. The van der Waals surface area contributed by atoms with Crippen molar-refractivity contribution in [3.05, 3.63) is 69.3 Å². The maximum absolute atomic E-state index is 12.1. The van der Waals surface area contributed by atoms with Crippen LogP contribution in [0.25, 0.3) is 0 Å². The number of ether oxygens (including phenoxy) is 1. The Morgan fingerprint density at radius 2 is 2.00 bits per heavy atom. The summed E-state index contributed by atoms with van der Waals surface area (Å²) in [5, 5.41) is 13.6. The molecule has 6 nitrogen and oxygen atoms in total. The molecule has 1 N–H and O–H groups in total. The number of para-hydroxylation sites is 1. The highest BCUT2D eigenvalue weighted by Crippen LogP contribution is 2.19. The molecule has 24 heavy (non-hydrogen) atoms. The minimum atomic E-state index is -0.454. The third kappa shape index (κ3) is 4.32. The lowest BCUT2D eigenvalue weighted by Gasteiger charge is -2.09. The van der Waals surface area contributed by atoms with E-state index < -0.39 is 4.92 Å². The van der Waals surface area contributed by atoms with Crippen molar-refractivity contribution in [2.75, 3.05) is 13.7 Å². The molecule has 0 heterocycles. The largest absolute Gasteiger partial charge is 0.496 e. The maximum Gasteiger partial charge on any atom is 0.272 e. The van der Waals surface area contributed by atoms with Crippen LogP contribution < -0.4 is 10.1 Å². The monoisotopic (exact) mass is 328 g/mol. The van der Waals surface area contributed by atoms with Crippen LogP contribution in [-0.4, -0.2) is 24.5 Å². The van der Waals surface area contributed by atoms with Crippen molar-refractivity contribution in [2.45, 2.75) is 19.8 Å². The fourth-order valence-electron chi connectivity index (χ4n) is 2.49. The zero-order valence-corrected chi connectivity index (χ0v) is 13.7. The minimum Gasteiger partial charge on any atom is -0.496 e. The second-order valence-electron chi connectivity index (χ2n) is 5.43. The first kappa shape index (κ1) is 17.5. The highest BCUT2D eigenvalue weighted by Gasteiger charge is 2.13. The van der Waals surface area contributed by atoms with Crippen LogP contribution >= 0.6 is 0 Å². The van der Waals surface area contributed by atoms with E-state index in [1.165, 1.54) is 18.2 Å². The van der Waals surface area contributed by atoms with E-state index in [9.17, 15) is 14.9 Å². The van der Waals surface area contributed by atoms with E-state index in [1.54, 1.807) is 14.0 Å². The summed E-state index contributed by atoms with van der Waals surface area (Å²) in [6.07, 6.45) is 1.57. The lowest BCUT2D eigenvalue weighted by atomic mass is 10.1. The number of benzene rings is 2. The summed E-state index contributed by atoms with van der Waals surface area (Å²) >= 11 is 0. The SMILES string of the molecule is COc1ccccc1CCCNC(=O)c1ccc([N+](=O)[O-])c(C)c1. The molecule has 0 aliphatic heterocycles. The van der Waals surface area contributed by atoms with Crippen molar-refractivity contribution in [3.8, 4) is 5.75 Å². The molecule has 0 spiro atoms. The summed E-state index contributed by atoms with van der Waals surface area (Å²) in [5.74, 6) is 0.614. The smallest absolute Gasteiger partial charge is 0.272 e. The number of amides is 1. The molecule has 0 saturated carbocycles. The van der Waals surface area contributed by atoms with E-state index in [0.717, 1.165) is 24.2 Å². The van der Waals surface area contributed by atoms with E-state index in [2.05, 4.69) is 5.32 Å². The standard InChI is InChI=1S/C18H20N2O4/c1-13-12-15(9-10-16(13)20(22)23)18(21)19-11-5-7-14-6-3-4-8-17(14)24-2/h3-4,6,8-10,12H,5,7,11H2,1-2H3,(H,19,21). The summed E-state index contributed by atoms with van der Waals surface area (Å²) in [6, 6.07) is 12.2. The summed E-state index contributed by atoms with van der Waals surface area (Å²) < 4.78 is 5.29. The molecular formula is C18H20N2O4.